The molecule has 0 fully saturated rings. The van der Waals surface area contributed by atoms with E-state index < -0.39 is 0 Å². The average Bonchev–Trinajstić information content (AvgIpc) is 2.59. The molecular formula is C19H24BrNO3. The number of hydrogen-bond acceptors (Lipinski definition) is 3. The first kappa shape index (κ1) is 20.2. The molecule has 1 amide bonds. The Balaban J connectivity index is 2.50. The number of esters is 1. The van der Waals surface area contributed by atoms with Gasteiger partial charge in [0.2, 0.25) is 5.91 Å². The minimum atomic E-state index is -0.338. The first-order valence-electron chi connectivity index (χ1n) is 7.87. The van der Waals surface area contributed by atoms with E-state index in [1.54, 1.807) is 11.0 Å². The molecule has 0 saturated carbocycles. The predicted molar refractivity (Wildman–Crippen MR) is 99.6 cm³/mol. The zero-order chi connectivity index (χ0) is 17.9. The smallest absolute Gasteiger partial charge is 0.305 e. The van der Waals surface area contributed by atoms with Gasteiger partial charge in [-0.3, -0.25) is 9.59 Å². The number of rotatable bonds is 10. The van der Waals surface area contributed by atoms with E-state index in [0.29, 0.717) is 25.1 Å². The van der Waals surface area contributed by atoms with Crippen LogP contribution in [0.4, 0.5) is 0 Å². The molecule has 0 saturated heterocycles. The summed E-state index contributed by atoms with van der Waals surface area (Å²) in [4.78, 5) is 25.3. The van der Waals surface area contributed by atoms with Crippen LogP contribution in [0.2, 0.25) is 0 Å². The molecule has 24 heavy (non-hydrogen) atoms. The number of carbonyl (C=O) groups excluding carboxylic acids is 2. The van der Waals surface area contributed by atoms with Crippen molar-refractivity contribution in [3.05, 3.63) is 59.1 Å². The molecule has 0 radical (unpaired) electrons. The van der Waals surface area contributed by atoms with Crippen LogP contribution in [-0.4, -0.2) is 37.0 Å². The summed E-state index contributed by atoms with van der Waals surface area (Å²) in [5.41, 5.74) is 1.65. The average molecular weight is 394 g/mol. The molecule has 1 aromatic carbocycles. The fraction of sp³-hybridized carbons (Fsp3) is 0.368. The van der Waals surface area contributed by atoms with Crippen LogP contribution >= 0.6 is 15.9 Å². The van der Waals surface area contributed by atoms with Crippen LogP contribution in [0.25, 0.3) is 0 Å². The second-order valence-electron chi connectivity index (χ2n) is 5.45. The molecule has 0 aromatic heterocycles. The topological polar surface area (TPSA) is 46.6 Å². The predicted octanol–water partition coefficient (Wildman–Crippen LogP) is 3.91. The summed E-state index contributed by atoms with van der Waals surface area (Å²) < 4.78 is 5.64. The maximum absolute atomic E-state index is 12.4. The van der Waals surface area contributed by atoms with E-state index in [1.165, 1.54) is 12.7 Å². The molecule has 1 aromatic rings. The molecule has 130 valence electrons. The summed E-state index contributed by atoms with van der Waals surface area (Å²) in [6.07, 6.45) is 3.92. The minimum absolute atomic E-state index is 0.130. The zero-order valence-electron chi connectivity index (χ0n) is 14.1. The lowest BCUT2D eigenvalue weighted by Gasteiger charge is -2.22. The van der Waals surface area contributed by atoms with Crippen molar-refractivity contribution < 1.29 is 14.3 Å². The van der Waals surface area contributed by atoms with Crippen molar-refractivity contribution in [2.24, 2.45) is 0 Å². The van der Waals surface area contributed by atoms with Crippen LogP contribution < -0.4 is 0 Å². The Morgan fingerprint density at radius 3 is 2.50 bits per heavy atom. The van der Waals surface area contributed by atoms with Gasteiger partial charge < -0.3 is 9.64 Å². The van der Waals surface area contributed by atoms with Gasteiger partial charge in [-0.1, -0.05) is 40.7 Å². The van der Waals surface area contributed by atoms with Gasteiger partial charge in [-0.2, -0.15) is 0 Å². The highest BCUT2D eigenvalue weighted by atomic mass is 79.9. The standard InChI is InChI=1S/C19H24BrNO3/c1-4-13-21(19(23)15(2)7-12-18(22)24-3)14-5-6-16-8-10-17(20)11-9-16/h4,8-11H,1-2,5-7,12-14H2,3H3. The molecular weight excluding hydrogens is 370 g/mol. The van der Waals surface area contributed by atoms with Crippen molar-refractivity contribution in [1.82, 2.24) is 4.90 Å². The lowest BCUT2D eigenvalue weighted by Crippen LogP contribution is -2.33. The molecule has 0 bridgehead atoms. The number of amides is 1. The van der Waals surface area contributed by atoms with E-state index in [4.69, 9.17) is 0 Å². The van der Waals surface area contributed by atoms with Gasteiger partial charge in [0.25, 0.3) is 0 Å². The van der Waals surface area contributed by atoms with Gasteiger partial charge in [0, 0.05) is 29.6 Å². The molecule has 4 nitrogen and oxygen atoms in total. The zero-order valence-corrected chi connectivity index (χ0v) is 15.7. The fourth-order valence-corrected chi connectivity index (χ4v) is 2.51. The SMILES string of the molecule is C=CCN(CCCc1ccc(Br)cc1)C(=O)C(=C)CCC(=O)OC. The third kappa shape index (κ3) is 7.13. The third-order valence-corrected chi connectivity index (χ3v) is 4.13. The van der Waals surface area contributed by atoms with Crippen LogP contribution in [0.15, 0.2) is 53.5 Å². The van der Waals surface area contributed by atoms with Crippen molar-refractivity contribution in [2.75, 3.05) is 20.2 Å². The normalized spacial score (nSPS) is 10.1. The van der Waals surface area contributed by atoms with Crippen molar-refractivity contribution in [3.63, 3.8) is 0 Å². The summed E-state index contributed by atoms with van der Waals surface area (Å²) in [6, 6.07) is 8.16. The van der Waals surface area contributed by atoms with Gasteiger partial charge in [0.05, 0.1) is 7.11 Å². The number of nitrogens with zero attached hydrogens (tertiary/aromatic N) is 1. The third-order valence-electron chi connectivity index (χ3n) is 3.60. The van der Waals surface area contributed by atoms with E-state index in [0.717, 1.165) is 17.3 Å². The largest absolute Gasteiger partial charge is 0.469 e. The second-order valence-corrected chi connectivity index (χ2v) is 6.37. The molecule has 0 unspecified atom stereocenters. The second kappa shape index (κ2) is 10.8. The highest BCUT2D eigenvalue weighted by Gasteiger charge is 2.16. The van der Waals surface area contributed by atoms with E-state index in [-0.39, 0.29) is 18.3 Å². The Morgan fingerprint density at radius 1 is 1.25 bits per heavy atom. The molecule has 0 atom stereocenters. The molecule has 0 aliphatic heterocycles. The number of carbonyl (C=O) groups is 2. The maximum atomic E-state index is 12.4. The van der Waals surface area contributed by atoms with Crippen LogP contribution in [0.5, 0.6) is 0 Å². The molecule has 0 aliphatic rings. The van der Waals surface area contributed by atoms with Gasteiger partial charge >= 0.3 is 5.97 Å². The molecule has 0 heterocycles. The molecule has 0 aliphatic carbocycles. The summed E-state index contributed by atoms with van der Waals surface area (Å²) in [5.74, 6) is -0.468. The highest BCUT2D eigenvalue weighted by Crippen LogP contribution is 2.13. The first-order valence-corrected chi connectivity index (χ1v) is 8.66. The van der Waals surface area contributed by atoms with Gasteiger partial charge in [-0.15, -0.1) is 6.58 Å². The Kier molecular flexibility index (Phi) is 9.08. The monoisotopic (exact) mass is 393 g/mol. The van der Waals surface area contributed by atoms with Gasteiger partial charge in [-0.05, 0) is 37.0 Å². The van der Waals surface area contributed by atoms with Crippen LogP contribution in [0, 0.1) is 0 Å². The van der Waals surface area contributed by atoms with Crippen molar-refractivity contribution in [1.29, 1.82) is 0 Å². The number of aryl methyl sites for hydroxylation is 1. The number of hydrogen-bond donors (Lipinski definition) is 0. The Hall–Kier alpha value is -1.88. The molecule has 0 spiro atoms. The number of ether oxygens (including phenoxy) is 1. The van der Waals surface area contributed by atoms with Crippen LogP contribution in [0.3, 0.4) is 0 Å². The van der Waals surface area contributed by atoms with E-state index in [9.17, 15) is 9.59 Å². The van der Waals surface area contributed by atoms with Crippen molar-refractivity contribution in [3.8, 4) is 0 Å². The minimum Gasteiger partial charge on any atom is -0.469 e. The summed E-state index contributed by atoms with van der Waals surface area (Å²) in [7, 11) is 1.33. The van der Waals surface area contributed by atoms with Crippen molar-refractivity contribution in [2.45, 2.75) is 25.7 Å². The quantitative estimate of drug-likeness (QED) is 0.344. The van der Waals surface area contributed by atoms with Crippen LogP contribution in [0.1, 0.15) is 24.8 Å². The van der Waals surface area contributed by atoms with Crippen LogP contribution in [-0.2, 0) is 20.7 Å². The number of benzene rings is 1. The summed E-state index contributed by atoms with van der Waals surface area (Å²) in [6.45, 7) is 8.60. The Bertz CT molecular complexity index is 581. The fourth-order valence-electron chi connectivity index (χ4n) is 2.24. The molecule has 0 N–H and O–H groups in total. The number of halogens is 1. The number of methoxy groups -OCH3 is 1. The van der Waals surface area contributed by atoms with Crippen molar-refractivity contribution >= 4 is 27.8 Å². The van der Waals surface area contributed by atoms with Gasteiger partial charge in [-0.25, -0.2) is 0 Å². The van der Waals surface area contributed by atoms with Gasteiger partial charge in [0.15, 0.2) is 0 Å². The van der Waals surface area contributed by atoms with Gasteiger partial charge in [0.1, 0.15) is 0 Å². The lowest BCUT2D eigenvalue weighted by atomic mass is 10.1. The van der Waals surface area contributed by atoms with E-state index >= 15 is 0 Å². The summed E-state index contributed by atoms with van der Waals surface area (Å²) >= 11 is 3.42. The summed E-state index contributed by atoms with van der Waals surface area (Å²) in [5, 5.41) is 0. The highest BCUT2D eigenvalue weighted by molar-refractivity contribution is 9.10. The van der Waals surface area contributed by atoms with E-state index in [1.807, 2.05) is 12.1 Å². The lowest BCUT2D eigenvalue weighted by molar-refractivity contribution is -0.140. The Morgan fingerprint density at radius 2 is 1.92 bits per heavy atom. The maximum Gasteiger partial charge on any atom is 0.305 e. The van der Waals surface area contributed by atoms with E-state index in [2.05, 4.69) is 46.0 Å². The molecule has 5 heteroatoms. The Labute approximate surface area is 152 Å². The first-order chi connectivity index (χ1) is 11.5. The molecule has 1 rings (SSSR count).